The van der Waals surface area contributed by atoms with Crippen molar-refractivity contribution in [1.29, 1.82) is 0 Å². The predicted molar refractivity (Wildman–Crippen MR) is 95.7 cm³/mol. The van der Waals surface area contributed by atoms with E-state index >= 15 is 0 Å². The molecule has 2 aliphatic rings. The molecule has 5 heteroatoms. The Kier molecular flexibility index (Phi) is 6.54. The van der Waals surface area contributed by atoms with Gasteiger partial charge in [0.05, 0.1) is 6.10 Å². The van der Waals surface area contributed by atoms with Crippen LogP contribution in [0.2, 0.25) is 0 Å². The lowest BCUT2D eigenvalue weighted by Crippen LogP contribution is -2.43. The number of hydrogen-bond donors (Lipinski definition) is 2. The number of carbonyl (C=O) groups excluding carboxylic acids is 1. The molecule has 2 fully saturated rings. The van der Waals surface area contributed by atoms with Crippen molar-refractivity contribution in [3.63, 3.8) is 0 Å². The molecule has 0 radical (unpaired) electrons. The highest BCUT2D eigenvalue weighted by molar-refractivity contribution is 5.68. The van der Waals surface area contributed by atoms with Crippen molar-refractivity contribution < 1.29 is 14.6 Å². The Morgan fingerprint density at radius 2 is 1.96 bits per heavy atom. The van der Waals surface area contributed by atoms with E-state index in [-0.39, 0.29) is 17.6 Å². The number of aliphatic hydroxyl groups is 1. The van der Waals surface area contributed by atoms with Gasteiger partial charge in [-0.2, -0.15) is 0 Å². The molecule has 0 bridgehead atoms. The average Bonchev–Trinajstić information content (AvgIpc) is 2.53. The van der Waals surface area contributed by atoms with Crippen LogP contribution in [0.3, 0.4) is 0 Å². The SMILES string of the molecule is CC(C)(C)OC(=O)N1CCCC(CCC2(CN)CCC(O)CC2)C1. The van der Waals surface area contributed by atoms with Crippen LogP contribution in [0.15, 0.2) is 0 Å². The summed E-state index contributed by atoms with van der Waals surface area (Å²) in [5.41, 5.74) is 5.85. The van der Waals surface area contributed by atoms with Gasteiger partial charge in [-0.15, -0.1) is 0 Å². The molecular formula is C19H36N2O3. The standard InChI is InChI=1S/C19H36N2O3/c1-18(2,3)24-17(23)21-12-4-5-15(13-21)6-9-19(14-20)10-7-16(22)8-11-19/h15-16,22H,4-14,20H2,1-3H3. The van der Waals surface area contributed by atoms with E-state index in [1.807, 2.05) is 25.7 Å². The fraction of sp³-hybridized carbons (Fsp3) is 0.947. The van der Waals surface area contributed by atoms with Gasteiger partial charge in [-0.1, -0.05) is 0 Å². The quantitative estimate of drug-likeness (QED) is 0.823. The van der Waals surface area contributed by atoms with Crippen LogP contribution < -0.4 is 5.73 Å². The summed E-state index contributed by atoms with van der Waals surface area (Å²) in [5, 5.41) is 9.74. The number of hydrogen-bond acceptors (Lipinski definition) is 4. The molecule has 0 aromatic carbocycles. The number of nitrogens with zero attached hydrogens (tertiary/aromatic N) is 1. The highest BCUT2D eigenvalue weighted by Crippen LogP contribution is 2.41. The first-order valence-electron chi connectivity index (χ1n) is 9.59. The first kappa shape index (κ1) is 19.5. The second-order valence-corrected chi connectivity index (χ2v) is 8.91. The Morgan fingerprint density at radius 3 is 2.54 bits per heavy atom. The van der Waals surface area contributed by atoms with Gasteiger partial charge in [-0.05, 0) is 90.0 Å². The number of nitrogens with two attached hydrogens (primary N) is 1. The highest BCUT2D eigenvalue weighted by Gasteiger charge is 2.35. The molecule has 0 spiro atoms. The monoisotopic (exact) mass is 340 g/mol. The Bertz CT molecular complexity index is 411. The number of rotatable bonds is 4. The van der Waals surface area contributed by atoms with Gasteiger partial charge in [0, 0.05) is 13.1 Å². The van der Waals surface area contributed by atoms with Gasteiger partial charge in [0.15, 0.2) is 0 Å². The summed E-state index contributed by atoms with van der Waals surface area (Å²) < 4.78 is 5.51. The third-order valence-corrected chi connectivity index (χ3v) is 5.70. The predicted octanol–water partition coefficient (Wildman–Crippen LogP) is 3.29. The van der Waals surface area contributed by atoms with Crippen molar-refractivity contribution in [3.05, 3.63) is 0 Å². The third-order valence-electron chi connectivity index (χ3n) is 5.70. The second kappa shape index (κ2) is 8.05. The molecule has 0 aromatic heterocycles. The average molecular weight is 341 g/mol. The van der Waals surface area contributed by atoms with Crippen LogP contribution in [0.25, 0.3) is 0 Å². The van der Waals surface area contributed by atoms with Gasteiger partial charge in [-0.25, -0.2) is 4.79 Å². The molecule has 1 amide bonds. The Labute approximate surface area is 146 Å². The van der Waals surface area contributed by atoms with Crippen molar-refractivity contribution in [2.24, 2.45) is 17.1 Å². The van der Waals surface area contributed by atoms with E-state index in [1.165, 1.54) is 6.42 Å². The molecular weight excluding hydrogens is 304 g/mol. The van der Waals surface area contributed by atoms with Crippen molar-refractivity contribution in [2.45, 2.75) is 83.8 Å². The number of aliphatic hydroxyl groups excluding tert-OH is 1. The second-order valence-electron chi connectivity index (χ2n) is 8.91. The molecule has 140 valence electrons. The third kappa shape index (κ3) is 5.62. The highest BCUT2D eigenvalue weighted by atomic mass is 16.6. The van der Waals surface area contributed by atoms with E-state index in [0.717, 1.165) is 58.0 Å². The Hall–Kier alpha value is -0.810. The summed E-state index contributed by atoms with van der Waals surface area (Å²) in [5.74, 6) is 0.543. The van der Waals surface area contributed by atoms with Gasteiger partial charge >= 0.3 is 6.09 Å². The number of likely N-dealkylation sites (tertiary alicyclic amines) is 1. The molecule has 1 heterocycles. The van der Waals surface area contributed by atoms with Gasteiger partial charge in [0.2, 0.25) is 0 Å². The van der Waals surface area contributed by atoms with E-state index in [4.69, 9.17) is 10.5 Å². The zero-order valence-electron chi connectivity index (χ0n) is 15.7. The van der Waals surface area contributed by atoms with Crippen LogP contribution in [-0.2, 0) is 4.74 Å². The number of piperidine rings is 1. The van der Waals surface area contributed by atoms with Crippen LogP contribution in [0.1, 0.15) is 72.1 Å². The van der Waals surface area contributed by atoms with Crippen molar-refractivity contribution in [1.82, 2.24) is 4.90 Å². The summed E-state index contributed by atoms with van der Waals surface area (Å²) in [4.78, 5) is 14.2. The minimum atomic E-state index is -0.434. The first-order valence-corrected chi connectivity index (χ1v) is 9.59. The van der Waals surface area contributed by atoms with Gasteiger partial charge in [0.1, 0.15) is 5.60 Å². The van der Waals surface area contributed by atoms with Gasteiger partial charge in [-0.3, -0.25) is 0 Å². The Balaban J connectivity index is 1.83. The molecule has 5 nitrogen and oxygen atoms in total. The van der Waals surface area contributed by atoms with Crippen LogP contribution in [-0.4, -0.2) is 47.4 Å². The van der Waals surface area contributed by atoms with Gasteiger partial charge < -0.3 is 20.5 Å². The maximum absolute atomic E-state index is 12.3. The first-order chi connectivity index (χ1) is 11.2. The van der Waals surface area contributed by atoms with Crippen molar-refractivity contribution >= 4 is 6.09 Å². The molecule has 1 unspecified atom stereocenters. The lowest BCUT2D eigenvalue weighted by Gasteiger charge is -2.40. The van der Waals surface area contributed by atoms with Crippen LogP contribution >= 0.6 is 0 Å². The van der Waals surface area contributed by atoms with E-state index < -0.39 is 5.60 Å². The summed E-state index contributed by atoms with van der Waals surface area (Å²) in [6.07, 6.45) is 7.98. The van der Waals surface area contributed by atoms with Crippen molar-refractivity contribution in [3.8, 4) is 0 Å². The van der Waals surface area contributed by atoms with Crippen LogP contribution in [0, 0.1) is 11.3 Å². The number of ether oxygens (including phenoxy) is 1. The summed E-state index contributed by atoms with van der Waals surface area (Å²) >= 11 is 0. The van der Waals surface area contributed by atoms with E-state index in [9.17, 15) is 9.90 Å². The lowest BCUT2D eigenvalue weighted by molar-refractivity contribution is 0.0139. The smallest absolute Gasteiger partial charge is 0.410 e. The molecule has 1 aliphatic heterocycles. The van der Waals surface area contributed by atoms with E-state index in [0.29, 0.717) is 12.5 Å². The minimum absolute atomic E-state index is 0.137. The fourth-order valence-electron chi connectivity index (χ4n) is 4.07. The molecule has 0 aromatic rings. The summed E-state index contributed by atoms with van der Waals surface area (Å²) in [6, 6.07) is 0. The zero-order valence-corrected chi connectivity index (χ0v) is 15.7. The maximum Gasteiger partial charge on any atom is 0.410 e. The van der Waals surface area contributed by atoms with E-state index in [2.05, 4.69) is 0 Å². The number of carbonyl (C=O) groups is 1. The Morgan fingerprint density at radius 1 is 1.29 bits per heavy atom. The fourth-order valence-corrected chi connectivity index (χ4v) is 4.07. The topological polar surface area (TPSA) is 75.8 Å². The summed E-state index contributed by atoms with van der Waals surface area (Å²) in [7, 11) is 0. The molecule has 1 saturated carbocycles. The lowest BCUT2D eigenvalue weighted by atomic mass is 9.69. The minimum Gasteiger partial charge on any atom is -0.444 e. The molecule has 1 saturated heterocycles. The summed E-state index contributed by atoms with van der Waals surface area (Å²) in [6.45, 7) is 8.05. The molecule has 1 atom stereocenters. The van der Waals surface area contributed by atoms with Crippen molar-refractivity contribution in [2.75, 3.05) is 19.6 Å². The molecule has 3 N–H and O–H groups in total. The number of amides is 1. The molecule has 24 heavy (non-hydrogen) atoms. The van der Waals surface area contributed by atoms with Crippen LogP contribution in [0.5, 0.6) is 0 Å². The van der Waals surface area contributed by atoms with Gasteiger partial charge in [0.25, 0.3) is 0 Å². The normalized spacial score (nSPS) is 31.8. The zero-order chi connectivity index (χ0) is 17.8. The molecule has 1 aliphatic carbocycles. The van der Waals surface area contributed by atoms with E-state index in [1.54, 1.807) is 0 Å². The van der Waals surface area contributed by atoms with Crippen LogP contribution in [0.4, 0.5) is 4.79 Å². The molecule has 2 rings (SSSR count). The maximum atomic E-state index is 12.3. The largest absolute Gasteiger partial charge is 0.444 e.